The average molecular weight is 457 g/mol. The van der Waals surface area contributed by atoms with Crippen molar-refractivity contribution < 1.29 is 47.9 Å². The molecule has 1 aliphatic heterocycles. The first-order valence-corrected chi connectivity index (χ1v) is 9.71. The molecular weight excluding hydrogens is 435 g/mol. The standard InChI is InChI=1S/C21H22F3NO7/c22-12-8-11(20(30)25-7-6-10-4-2-1-3-5-10)14(23)19(15(12)24)32-21-18(29)17(28)16(27)13(9-26)31-21/h1-5,8,13,16-18,21,26-29H,6-7,9H2,(H,25,30)/t13?,16?,17?,18?,21-/m0/s1. The Labute approximate surface area is 180 Å². The first-order chi connectivity index (χ1) is 15.2. The van der Waals surface area contributed by atoms with Crippen LogP contribution in [-0.2, 0) is 11.2 Å². The SMILES string of the molecule is O=C(NCCc1ccccc1)c1cc(F)c(F)c(O[C@@H]2OC(CO)C(O)C(O)C2O)c1F. The molecule has 5 atom stereocenters. The van der Waals surface area contributed by atoms with Crippen LogP contribution >= 0.6 is 0 Å². The van der Waals surface area contributed by atoms with Crippen molar-refractivity contribution in [3.63, 3.8) is 0 Å². The van der Waals surface area contributed by atoms with Crippen LogP contribution in [0.25, 0.3) is 0 Å². The minimum Gasteiger partial charge on any atom is -0.456 e. The molecule has 2 aromatic carbocycles. The first kappa shape index (κ1) is 24.0. The highest BCUT2D eigenvalue weighted by Crippen LogP contribution is 2.31. The Balaban J connectivity index is 1.78. The van der Waals surface area contributed by atoms with Gasteiger partial charge >= 0.3 is 0 Å². The highest BCUT2D eigenvalue weighted by atomic mass is 19.2. The fourth-order valence-electron chi connectivity index (χ4n) is 3.19. The zero-order chi connectivity index (χ0) is 23.4. The van der Waals surface area contributed by atoms with Crippen LogP contribution in [0.15, 0.2) is 36.4 Å². The maximum atomic E-state index is 14.9. The Kier molecular flexibility index (Phi) is 7.69. The predicted octanol–water partition coefficient (Wildman–Crippen LogP) is 0.255. The second-order valence-corrected chi connectivity index (χ2v) is 7.17. The normalized spacial score (nSPS) is 25.4. The highest BCUT2D eigenvalue weighted by molar-refractivity contribution is 5.95. The summed E-state index contributed by atoms with van der Waals surface area (Å²) in [6.07, 6.45) is -8.58. The van der Waals surface area contributed by atoms with E-state index in [1.807, 2.05) is 18.2 Å². The number of aliphatic hydroxyl groups is 4. The van der Waals surface area contributed by atoms with Gasteiger partial charge in [0.05, 0.1) is 12.2 Å². The number of nitrogens with one attached hydrogen (secondary N) is 1. The number of aliphatic hydroxyl groups excluding tert-OH is 4. The van der Waals surface area contributed by atoms with Gasteiger partial charge in [0.2, 0.25) is 12.1 Å². The summed E-state index contributed by atoms with van der Waals surface area (Å²) in [4.78, 5) is 12.3. The van der Waals surface area contributed by atoms with Crippen LogP contribution in [0.2, 0.25) is 0 Å². The van der Waals surface area contributed by atoms with Crippen LogP contribution < -0.4 is 10.1 Å². The Bertz CT molecular complexity index is 945. The summed E-state index contributed by atoms with van der Waals surface area (Å²) in [6, 6.07) is 9.41. The van der Waals surface area contributed by atoms with Crippen LogP contribution in [0.4, 0.5) is 13.2 Å². The maximum absolute atomic E-state index is 14.9. The molecule has 1 fully saturated rings. The third kappa shape index (κ3) is 5.03. The molecule has 11 heteroatoms. The lowest BCUT2D eigenvalue weighted by Crippen LogP contribution is -2.60. The summed E-state index contributed by atoms with van der Waals surface area (Å²) in [5.74, 6) is -7.34. The molecule has 0 aromatic heterocycles. The summed E-state index contributed by atoms with van der Waals surface area (Å²) >= 11 is 0. The molecule has 5 N–H and O–H groups in total. The summed E-state index contributed by atoms with van der Waals surface area (Å²) in [6.45, 7) is -0.724. The van der Waals surface area contributed by atoms with Gasteiger partial charge in [-0.15, -0.1) is 0 Å². The number of hydrogen-bond acceptors (Lipinski definition) is 7. The van der Waals surface area contributed by atoms with Gasteiger partial charge in [0.1, 0.15) is 24.4 Å². The Hall–Kier alpha value is -2.70. The van der Waals surface area contributed by atoms with Crippen molar-refractivity contribution in [1.82, 2.24) is 5.32 Å². The molecule has 0 radical (unpaired) electrons. The molecular formula is C21H22F3NO7. The van der Waals surface area contributed by atoms with E-state index >= 15 is 0 Å². The smallest absolute Gasteiger partial charge is 0.254 e. The molecule has 0 saturated carbocycles. The van der Waals surface area contributed by atoms with Gasteiger partial charge < -0.3 is 35.2 Å². The Morgan fingerprint density at radius 2 is 1.72 bits per heavy atom. The molecule has 2 aromatic rings. The van der Waals surface area contributed by atoms with Crippen molar-refractivity contribution in [2.24, 2.45) is 0 Å². The summed E-state index contributed by atoms with van der Waals surface area (Å²) in [5, 5.41) is 41.1. The Morgan fingerprint density at radius 3 is 2.38 bits per heavy atom. The lowest BCUT2D eigenvalue weighted by molar-refractivity contribution is -0.278. The number of amides is 1. The minimum absolute atomic E-state index is 0.0875. The zero-order valence-electron chi connectivity index (χ0n) is 16.6. The molecule has 1 aliphatic rings. The molecule has 8 nitrogen and oxygen atoms in total. The number of rotatable bonds is 7. The molecule has 0 aliphatic carbocycles. The zero-order valence-corrected chi connectivity index (χ0v) is 16.6. The maximum Gasteiger partial charge on any atom is 0.254 e. The Morgan fingerprint density at radius 1 is 1.03 bits per heavy atom. The lowest BCUT2D eigenvalue weighted by Gasteiger charge is -2.39. The quantitative estimate of drug-likeness (QED) is 0.377. The van der Waals surface area contributed by atoms with E-state index < -0.39 is 72.0 Å². The molecule has 174 valence electrons. The van der Waals surface area contributed by atoms with E-state index in [2.05, 4.69) is 5.32 Å². The van der Waals surface area contributed by atoms with Crippen LogP contribution in [0.3, 0.4) is 0 Å². The molecule has 32 heavy (non-hydrogen) atoms. The van der Waals surface area contributed by atoms with Crippen LogP contribution in [0.5, 0.6) is 5.75 Å². The van der Waals surface area contributed by atoms with E-state index in [-0.39, 0.29) is 6.54 Å². The van der Waals surface area contributed by atoms with Gasteiger partial charge in [0, 0.05) is 6.54 Å². The average Bonchev–Trinajstić information content (AvgIpc) is 2.79. The fraction of sp³-hybridized carbons (Fsp3) is 0.381. The predicted molar refractivity (Wildman–Crippen MR) is 103 cm³/mol. The minimum atomic E-state index is -1.99. The monoisotopic (exact) mass is 457 g/mol. The van der Waals surface area contributed by atoms with Crippen molar-refractivity contribution in [3.8, 4) is 5.75 Å². The molecule has 4 unspecified atom stereocenters. The lowest BCUT2D eigenvalue weighted by atomic mass is 9.99. The van der Waals surface area contributed by atoms with Gasteiger partial charge in [-0.3, -0.25) is 4.79 Å². The van der Waals surface area contributed by atoms with Crippen molar-refractivity contribution in [3.05, 3.63) is 65.0 Å². The third-order valence-corrected chi connectivity index (χ3v) is 4.99. The number of hydrogen-bond donors (Lipinski definition) is 5. The number of halogens is 3. The van der Waals surface area contributed by atoms with Gasteiger partial charge in [-0.1, -0.05) is 30.3 Å². The summed E-state index contributed by atoms with van der Waals surface area (Å²) < 4.78 is 53.1. The molecule has 3 rings (SSSR count). The van der Waals surface area contributed by atoms with E-state index in [4.69, 9.17) is 9.47 Å². The van der Waals surface area contributed by atoms with Gasteiger partial charge in [-0.25, -0.2) is 8.78 Å². The van der Waals surface area contributed by atoms with Crippen molar-refractivity contribution >= 4 is 5.91 Å². The van der Waals surface area contributed by atoms with Gasteiger partial charge in [-0.2, -0.15) is 4.39 Å². The number of benzene rings is 2. The fourth-order valence-corrected chi connectivity index (χ4v) is 3.19. The number of ether oxygens (including phenoxy) is 2. The van der Waals surface area contributed by atoms with E-state index in [0.29, 0.717) is 12.5 Å². The largest absolute Gasteiger partial charge is 0.456 e. The molecule has 0 bridgehead atoms. The van der Waals surface area contributed by atoms with Gasteiger partial charge in [-0.05, 0) is 18.1 Å². The highest BCUT2D eigenvalue weighted by Gasteiger charge is 2.45. The van der Waals surface area contributed by atoms with Crippen molar-refractivity contribution in [1.29, 1.82) is 0 Å². The van der Waals surface area contributed by atoms with Crippen LogP contribution in [-0.4, -0.2) is 70.2 Å². The third-order valence-electron chi connectivity index (χ3n) is 4.99. The second-order valence-electron chi connectivity index (χ2n) is 7.17. The molecule has 1 amide bonds. The molecule has 0 spiro atoms. The molecule has 1 saturated heterocycles. The van der Waals surface area contributed by atoms with E-state index in [0.717, 1.165) is 5.56 Å². The van der Waals surface area contributed by atoms with Crippen LogP contribution in [0.1, 0.15) is 15.9 Å². The number of carbonyl (C=O) groups excluding carboxylic acids is 1. The van der Waals surface area contributed by atoms with Gasteiger partial charge in [0.15, 0.2) is 17.4 Å². The van der Waals surface area contributed by atoms with Crippen molar-refractivity contribution in [2.75, 3.05) is 13.2 Å². The summed E-state index contributed by atoms with van der Waals surface area (Å²) in [5.41, 5.74) is 0.0433. The van der Waals surface area contributed by atoms with E-state index in [9.17, 15) is 38.4 Å². The van der Waals surface area contributed by atoms with Crippen molar-refractivity contribution in [2.45, 2.75) is 37.1 Å². The molecule has 1 heterocycles. The number of carbonyl (C=O) groups is 1. The summed E-state index contributed by atoms with van der Waals surface area (Å²) in [7, 11) is 0. The first-order valence-electron chi connectivity index (χ1n) is 9.71. The topological polar surface area (TPSA) is 128 Å². The second kappa shape index (κ2) is 10.3. The van der Waals surface area contributed by atoms with Crippen LogP contribution in [0, 0.1) is 17.5 Å². The van der Waals surface area contributed by atoms with E-state index in [1.165, 1.54) is 0 Å². The van der Waals surface area contributed by atoms with Gasteiger partial charge in [0.25, 0.3) is 5.91 Å². The van der Waals surface area contributed by atoms with E-state index in [1.54, 1.807) is 12.1 Å².